The monoisotopic (exact) mass is 513 g/mol. The van der Waals surface area contributed by atoms with Crippen molar-refractivity contribution in [2.75, 3.05) is 0 Å². The van der Waals surface area contributed by atoms with Crippen molar-refractivity contribution in [3.05, 3.63) is 81.9 Å². The Bertz CT molecular complexity index is 1680. The van der Waals surface area contributed by atoms with Gasteiger partial charge in [-0.15, -0.1) is 10.2 Å². The number of nitrogens with zero attached hydrogens (tertiary/aromatic N) is 8. The SMILES string of the molecule is Cc1cc(CNC(=O)c2cc(C(=O)N[C@H]3CCc4cc(-c5nn[nH]n5)ccc43)n3nnnc3n2)ccc1F. The number of aromatic nitrogens is 9. The molecule has 38 heavy (non-hydrogen) atoms. The number of benzene rings is 2. The highest BCUT2D eigenvalue weighted by molar-refractivity contribution is 5.98. The van der Waals surface area contributed by atoms with Gasteiger partial charge in [0.15, 0.2) is 0 Å². The van der Waals surface area contributed by atoms with E-state index < -0.39 is 11.8 Å². The number of amides is 2. The molecule has 0 radical (unpaired) electrons. The number of rotatable bonds is 6. The number of hydrogen-bond donors (Lipinski definition) is 3. The molecule has 1 aliphatic carbocycles. The van der Waals surface area contributed by atoms with Crippen molar-refractivity contribution in [3.63, 3.8) is 0 Å². The first-order chi connectivity index (χ1) is 18.5. The summed E-state index contributed by atoms with van der Waals surface area (Å²) in [7, 11) is 0. The smallest absolute Gasteiger partial charge is 0.274 e. The van der Waals surface area contributed by atoms with E-state index in [0.29, 0.717) is 17.8 Å². The number of carbonyl (C=O) groups is 2. The van der Waals surface area contributed by atoms with Gasteiger partial charge in [-0.1, -0.05) is 29.4 Å². The Morgan fingerprint density at radius 3 is 2.84 bits per heavy atom. The third-order valence-corrected chi connectivity index (χ3v) is 6.45. The molecule has 2 amide bonds. The fourth-order valence-electron chi connectivity index (χ4n) is 4.53. The molecule has 3 aromatic heterocycles. The average Bonchev–Trinajstić information content (AvgIpc) is 3.69. The van der Waals surface area contributed by atoms with Gasteiger partial charge in [0.25, 0.3) is 17.6 Å². The highest BCUT2D eigenvalue weighted by Crippen LogP contribution is 2.33. The molecule has 14 heteroatoms. The van der Waals surface area contributed by atoms with E-state index >= 15 is 0 Å². The lowest BCUT2D eigenvalue weighted by Crippen LogP contribution is -2.30. The number of hydrogen-bond acceptors (Lipinski definition) is 9. The molecule has 3 N–H and O–H groups in total. The topological polar surface area (TPSA) is 169 Å². The van der Waals surface area contributed by atoms with E-state index in [1.54, 1.807) is 19.1 Å². The fraction of sp³-hybridized carbons (Fsp3) is 0.208. The Labute approximate surface area is 213 Å². The second kappa shape index (κ2) is 9.38. The Balaban J connectivity index is 1.21. The third kappa shape index (κ3) is 4.31. The van der Waals surface area contributed by atoms with Gasteiger partial charge in [0.1, 0.15) is 17.2 Å². The number of aromatic amines is 1. The number of tetrazole rings is 2. The van der Waals surface area contributed by atoms with Gasteiger partial charge in [0.05, 0.1) is 6.04 Å². The second-order valence-corrected chi connectivity index (χ2v) is 8.90. The molecule has 0 saturated carbocycles. The summed E-state index contributed by atoms with van der Waals surface area (Å²) in [5, 5.41) is 31.1. The summed E-state index contributed by atoms with van der Waals surface area (Å²) in [6.07, 6.45) is 1.46. The van der Waals surface area contributed by atoms with E-state index in [4.69, 9.17) is 0 Å². The van der Waals surface area contributed by atoms with Crippen molar-refractivity contribution in [1.82, 2.24) is 56.3 Å². The molecule has 0 bridgehead atoms. The molecule has 13 nitrogen and oxygen atoms in total. The van der Waals surface area contributed by atoms with Crippen LogP contribution in [0.2, 0.25) is 0 Å². The zero-order chi connectivity index (χ0) is 26.2. The van der Waals surface area contributed by atoms with Gasteiger partial charge in [-0.3, -0.25) is 9.59 Å². The summed E-state index contributed by atoms with van der Waals surface area (Å²) in [6.45, 7) is 1.80. The minimum absolute atomic E-state index is 0.0111. The Kier molecular flexibility index (Phi) is 5.75. The largest absolute Gasteiger partial charge is 0.347 e. The van der Waals surface area contributed by atoms with Crippen LogP contribution in [0.15, 0.2) is 42.5 Å². The fourth-order valence-corrected chi connectivity index (χ4v) is 4.53. The van der Waals surface area contributed by atoms with Crippen molar-refractivity contribution in [2.24, 2.45) is 0 Å². The predicted molar refractivity (Wildman–Crippen MR) is 129 cm³/mol. The molecule has 190 valence electrons. The first kappa shape index (κ1) is 23.3. The Morgan fingerprint density at radius 2 is 2.03 bits per heavy atom. The maximum atomic E-state index is 13.5. The van der Waals surface area contributed by atoms with Crippen LogP contribution >= 0.6 is 0 Å². The molecule has 1 aliphatic rings. The molecule has 0 aliphatic heterocycles. The summed E-state index contributed by atoms with van der Waals surface area (Å²) in [5.74, 6) is -0.783. The van der Waals surface area contributed by atoms with Crippen LogP contribution < -0.4 is 10.6 Å². The molecule has 2 aromatic carbocycles. The number of nitrogens with one attached hydrogen (secondary N) is 3. The lowest BCUT2D eigenvalue weighted by atomic mass is 10.0. The van der Waals surface area contributed by atoms with Crippen LogP contribution in [0.4, 0.5) is 4.39 Å². The molecule has 0 unspecified atom stereocenters. The summed E-state index contributed by atoms with van der Waals surface area (Å²) in [4.78, 5) is 30.4. The zero-order valence-electron chi connectivity index (χ0n) is 20.0. The molecule has 3 heterocycles. The van der Waals surface area contributed by atoms with Crippen LogP contribution in [-0.4, -0.2) is 57.5 Å². The Morgan fingerprint density at radius 1 is 1.13 bits per heavy atom. The zero-order valence-corrected chi connectivity index (χ0v) is 20.0. The number of halogens is 1. The van der Waals surface area contributed by atoms with Gasteiger partial charge in [-0.05, 0) is 69.8 Å². The van der Waals surface area contributed by atoms with Crippen LogP contribution in [0.5, 0.6) is 0 Å². The lowest BCUT2D eigenvalue weighted by Gasteiger charge is -2.15. The normalized spacial score (nSPS) is 14.4. The van der Waals surface area contributed by atoms with Gasteiger partial charge >= 0.3 is 0 Å². The minimum Gasteiger partial charge on any atom is -0.347 e. The van der Waals surface area contributed by atoms with Gasteiger partial charge in [-0.25, -0.2) is 9.37 Å². The quantitative estimate of drug-likeness (QED) is 0.305. The molecular formula is C24H20FN11O2. The number of aryl methyl sites for hydroxylation is 2. The maximum absolute atomic E-state index is 13.5. The van der Waals surface area contributed by atoms with Crippen LogP contribution in [0, 0.1) is 12.7 Å². The molecule has 5 aromatic rings. The lowest BCUT2D eigenvalue weighted by molar-refractivity contribution is 0.0928. The van der Waals surface area contributed by atoms with Gasteiger partial charge in [0.2, 0.25) is 5.82 Å². The second-order valence-electron chi connectivity index (χ2n) is 8.90. The van der Waals surface area contributed by atoms with Crippen molar-refractivity contribution in [2.45, 2.75) is 32.4 Å². The van der Waals surface area contributed by atoms with Crippen molar-refractivity contribution < 1.29 is 14.0 Å². The van der Waals surface area contributed by atoms with Crippen LogP contribution in [0.25, 0.3) is 17.2 Å². The standard InChI is InChI=1S/C24H20FN11O2/c1-12-8-13(2-6-17(12)25)11-26-22(37)19-10-20(36-24(28-19)31-34-35-36)23(38)27-18-7-4-14-9-15(3-5-16(14)18)21-29-32-33-30-21/h2-3,5-6,8-10,18H,4,7,11H2,1H3,(H,26,37)(H,27,38)(H,29,30,32,33)/t18-/m0/s1. The van der Waals surface area contributed by atoms with E-state index in [9.17, 15) is 14.0 Å². The van der Waals surface area contributed by atoms with Crippen LogP contribution in [0.3, 0.4) is 0 Å². The van der Waals surface area contributed by atoms with Gasteiger partial charge in [-0.2, -0.15) is 9.73 Å². The average molecular weight is 513 g/mol. The highest BCUT2D eigenvalue weighted by atomic mass is 19.1. The third-order valence-electron chi connectivity index (χ3n) is 6.45. The molecule has 0 fully saturated rings. The van der Waals surface area contributed by atoms with E-state index in [1.807, 2.05) is 18.2 Å². The predicted octanol–water partition coefficient (Wildman–Crippen LogP) is 1.49. The van der Waals surface area contributed by atoms with E-state index in [2.05, 4.69) is 51.8 Å². The number of carbonyl (C=O) groups excluding carboxylic acids is 2. The molecular weight excluding hydrogens is 493 g/mol. The highest BCUT2D eigenvalue weighted by Gasteiger charge is 2.27. The van der Waals surface area contributed by atoms with Crippen molar-refractivity contribution in [1.29, 1.82) is 0 Å². The van der Waals surface area contributed by atoms with Crippen LogP contribution in [0.1, 0.15) is 55.7 Å². The Hall–Kier alpha value is -5.14. The van der Waals surface area contributed by atoms with Gasteiger partial charge in [0, 0.05) is 18.2 Å². The molecule has 6 rings (SSSR count). The maximum Gasteiger partial charge on any atom is 0.274 e. The molecule has 1 atom stereocenters. The minimum atomic E-state index is -0.522. The number of fused-ring (bicyclic) bond motifs is 2. The van der Waals surface area contributed by atoms with E-state index in [1.165, 1.54) is 16.6 Å². The van der Waals surface area contributed by atoms with Gasteiger partial charge < -0.3 is 10.6 Å². The summed E-state index contributed by atoms with van der Waals surface area (Å²) < 4.78 is 14.7. The van der Waals surface area contributed by atoms with E-state index in [-0.39, 0.29) is 35.6 Å². The molecule has 0 spiro atoms. The first-order valence-corrected chi connectivity index (χ1v) is 11.8. The summed E-state index contributed by atoms with van der Waals surface area (Å²) >= 11 is 0. The summed E-state index contributed by atoms with van der Waals surface area (Å²) in [5.41, 5.74) is 4.15. The number of H-pyrrole nitrogens is 1. The first-order valence-electron chi connectivity index (χ1n) is 11.8. The summed E-state index contributed by atoms with van der Waals surface area (Å²) in [6, 6.07) is 11.5. The van der Waals surface area contributed by atoms with Crippen molar-refractivity contribution >= 4 is 17.6 Å². The van der Waals surface area contributed by atoms with Crippen LogP contribution in [-0.2, 0) is 13.0 Å². The molecule has 0 saturated heterocycles. The van der Waals surface area contributed by atoms with Crippen molar-refractivity contribution in [3.8, 4) is 11.4 Å². The van der Waals surface area contributed by atoms with E-state index in [0.717, 1.165) is 28.7 Å².